The number of aliphatic imine (C=N–C) groups is 1. The molecule has 1 unspecified atom stereocenters. The maximum atomic E-state index is 5.04. The van der Waals surface area contributed by atoms with Crippen LogP contribution in [0.25, 0.3) is 72.4 Å². The van der Waals surface area contributed by atoms with E-state index in [1.54, 1.807) is 0 Å². The lowest BCUT2D eigenvalue weighted by Gasteiger charge is -2.25. The predicted octanol–water partition coefficient (Wildman–Crippen LogP) is 11.8. The van der Waals surface area contributed by atoms with Gasteiger partial charge in [0, 0.05) is 44.9 Å². The summed E-state index contributed by atoms with van der Waals surface area (Å²) >= 11 is 0. The number of fused-ring (bicyclic) bond motifs is 9. The minimum Gasteiger partial charge on any atom is -0.346 e. The molecule has 0 spiro atoms. The monoisotopic (exact) mass is 682 g/mol. The minimum atomic E-state index is -0.292. The summed E-state index contributed by atoms with van der Waals surface area (Å²) in [6.45, 7) is 4.70. The zero-order valence-corrected chi connectivity index (χ0v) is 29.8. The van der Waals surface area contributed by atoms with Crippen LogP contribution in [-0.2, 0) is 11.8 Å². The molecule has 2 aliphatic carbocycles. The van der Waals surface area contributed by atoms with Crippen molar-refractivity contribution in [3.8, 4) is 27.9 Å². The Morgan fingerprint density at radius 1 is 0.642 bits per heavy atom. The molecule has 4 heteroatoms. The van der Waals surface area contributed by atoms with Crippen molar-refractivity contribution in [1.82, 2.24) is 14.5 Å². The molecule has 8 aromatic rings. The number of hydrogen-bond acceptors (Lipinski definition) is 2. The van der Waals surface area contributed by atoms with E-state index in [4.69, 9.17) is 4.99 Å². The Hall–Kier alpha value is -6.39. The van der Waals surface area contributed by atoms with Gasteiger partial charge >= 0.3 is 0 Å². The molecule has 0 amide bonds. The van der Waals surface area contributed by atoms with Gasteiger partial charge in [0.1, 0.15) is 0 Å². The highest BCUT2D eigenvalue weighted by atomic mass is 15.3. The third-order valence-electron chi connectivity index (χ3n) is 11.9. The predicted molar refractivity (Wildman–Crippen MR) is 222 cm³/mol. The van der Waals surface area contributed by atoms with E-state index in [-0.39, 0.29) is 11.7 Å². The first-order valence-electron chi connectivity index (χ1n) is 18.7. The molecule has 4 nitrogen and oxygen atoms in total. The second kappa shape index (κ2) is 11.3. The lowest BCUT2D eigenvalue weighted by Crippen LogP contribution is -2.26. The van der Waals surface area contributed by atoms with Crippen LogP contribution in [-0.4, -0.2) is 15.3 Å². The number of benzene rings is 6. The topological polar surface area (TPSA) is 34.2 Å². The smallest absolute Gasteiger partial charge is 0.200 e. The number of hydrogen-bond donors (Lipinski definition) is 1. The molecule has 53 heavy (non-hydrogen) atoms. The van der Waals surface area contributed by atoms with Crippen LogP contribution in [0.2, 0.25) is 0 Å². The number of para-hydroxylation sites is 2. The van der Waals surface area contributed by atoms with Crippen molar-refractivity contribution in [2.75, 3.05) is 0 Å². The number of nitrogens with zero attached hydrogens (tertiary/aromatic N) is 3. The van der Waals surface area contributed by atoms with Gasteiger partial charge in [-0.3, -0.25) is 0 Å². The molecule has 1 aliphatic heterocycles. The second-order valence-corrected chi connectivity index (χ2v) is 15.2. The van der Waals surface area contributed by atoms with E-state index in [2.05, 4.69) is 180 Å². The summed E-state index contributed by atoms with van der Waals surface area (Å²) in [7, 11) is 0. The first-order valence-corrected chi connectivity index (χ1v) is 18.7. The molecular formula is C49H38N4. The molecule has 1 atom stereocenters. The van der Waals surface area contributed by atoms with Crippen LogP contribution in [0.5, 0.6) is 0 Å². The Labute approximate surface area is 309 Å². The van der Waals surface area contributed by atoms with E-state index < -0.39 is 0 Å². The fourth-order valence-electron chi connectivity index (χ4n) is 9.33. The summed E-state index contributed by atoms with van der Waals surface area (Å²) in [4.78, 5) is 5.04. The van der Waals surface area contributed by atoms with Crippen molar-refractivity contribution in [1.29, 1.82) is 0 Å². The number of aryl methyl sites for hydroxylation is 1. The fourth-order valence-corrected chi connectivity index (χ4v) is 9.33. The number of nitrogens with one attached hydrogen (secondary N) is 1. The molecule has 254 valence electrons. The summed E-state index contributed by atoms with van der Waals surface area (Å²) in [6, 6.07) is 49.1. The highest BCUT2D eigenvalue weighted by Gasteiger charge is 2.36. The summed E-state index contributed by atoms with van der Waals surface area (Å²) in [5.74, 6) is 0. The van der Waals surface area contributed by atoms with E-state index in [1.165, 1.54) is 83.0 Å². The van der Waals surface area contributed by atoms with E-state index in [9.17, 15) is 0 Å². The molecule has 0 saturated carbocycles. The van der Waals surface area contributed by atoms with Crippen molar-refractivity contribution in [2.24, 2.45) is 4.99 Å². The highest BCUT2D eigenvalue weighted by Crippen LogP contribution is 2.51. The van der Waals surface area contributed by atoms with Gasteiger partial charge in [-0.15, -0.1) is 0 Å². The van der Waals surface area contributed by atoms with E-state index in [0.717, 1.165) is 24.1 Å². The van der Waals surface area contributed by atoms with Crippen molar-refractivity contribution in [3.05, 3.63) is 174 Å². The third kappa shape index (κ3) is 4.45. The normalized spacial score (nSPS) is 16.8. The molecular weight excluding hydrogens is 645 g/mol. The van der Waals surface area contributed by atoms with Crippen LogP contribution in [0.4, 0.5) is 0 Å². The Morgan fingerprint density at radius 2 is 1.45 bits per heavy atom. The summed E-state index contributed by atoms with van der Waals surface area (Å²) < 4.78 is 4.81. The number of allylic oxidation sites excluding steroid dienone is 2. The van der Waals surface area contributed by atoms with Gasteiger partial charge in [-0.25, -0.2) is 4.99 Å². The van der Waals surface area contributed by atoms with Crippen LogP contribution in [0, 0.1) is 0 Å². The lowest BCUT2D eigenvalue weighted by molar-refractivity contribution is 0.510. The molecule has 1 N–H and O–H groups in total. The van der Waals surface area contributed by atoms with Crippen molar-refractivity contribution in [2.45, 2.75) is 38.4 Å². The molecule has 2 aromatic heterocycles. The van der Waals surface area contributed by atoms with Gasteiger partial charge in [-0.2, -0.15) is 0 Å². The van der Waals surface area contributed by atoms with Crippen LogP contribution >= 0.6 is 0 Å². The van der Waals surface area contributed by atoms with Crippen molar-refractivity contribution in [3.63, 3.8) is 0 Å². The van der Waals surface area contributed by atoms with Crippen LogP contribution in [0.1, 0.15) is 54.5 Å². The van der Waals surface area contributed by atoms with Gasteiger partial charge in [-0.1, -0.05) is 105 Å². The molecule has 0 radical (unpaired) electrons. The lowest BCUT2D eigenvalue weighted by atomic mass is 9.82. The largest absolute Gasteiger partial charge is 0.346 e. The second-order valence-electron chi connectivity index (χ2n) is 15.2. The van der Waals surface area contributed by atoms with E-state index in [1.807, 2.05) is 6.21 Å². The van der Waals surface area contributed by atoms with Crippen molar-refractivity contribution < 1.29 is 0 Å². The number of rotatable bonds is 4. The van der Waals surface area contributed by atoms with Gasteiger partial charge in [0.2, 0.25) is 6.29 Å². The molecule has 0 saturated heterocycles. The summed E-state index contributed by atoms with van der Waals surface area (Å²) in [5.41, 5.74) is 17.6. The SMILES string of the molecule is CC1(C)c2ccccc2-c2cc3c4ccccc4n(C4N=CC=C(c5cccc(-c6ccc7c(c6)c6c(n7-c7ccccc7)C=CCC6)c5)N4)c3cc21. The average molecular weight is 683 g/mol. The van der Waals surface area contributed by atoms with Crippen molar-refractivity contribution >= 4 is 50.7 Å². The van der Waals surface area contributed by atoms with Gasteiger partial charge in [0.15, 0.2) is 0 Å². The van der Waals surface area contributed by atoms with Crippen LogP contribution in [0.3, 0.4) is 0 Å². The first kappa shape index (κ1) is 30.3. The molecule has 0 bridgehead atoms. The van der Waals surface area contributed by atoms with Gasteiger partial charge < -0.3 is 14.5 Å². The third-order valence-corrected chi connectivity index (χ3v) is 11.9. The number of aromatic nitrogens is 2. The van der Waals surface area contributed by atoms with Crippen LogP contribution in [0.15, 0.2) is 151 Å². The van der Waals surface area contributed by atoms with Gasteiger partial charge in [0.25, 0.3) is 0 Å². The Kier molecular flexibility index (Phi) is 6.45. The van der Waals surface area contributed by atoms with E-state index >= 15 is 0 Å². The first-order chi connectivity index (χ1) is 26.0. The molecule has 0 fully saturated rings. The van der Waals surface area contributed by atoms with Gasteiger partial charge in [0.05, 0.1) is 16.6 Å². The van der Waals surface area contributed by atoms with E-state index in [0.29, 0.717) is 0 Å². The highest BCUT2D eigenvalue weighted by molar-refractivity contribution is 6.11. The minimum absolute atomic E-state index is 0.0840. The fraction of sp³-hybridized carbons (Fsp3) is 0.122. The standard InChI is InChI=1S/C49H38N4/c1-49(2)41-20-9-6-17-35(41)38-29-40-37-19-8-11-22-45(37)53(47(40)30-42(38)49)48-50-26-25-43(51-48)33-14-12-13-31(27-33)32-23-24-46-39(28-32)36-18-7-10-21-44(36)52(46)34-15-4-3-5-16-34/h3-6,8-17,19-30,48,51H,7,18H2,1-2H3. The molecule has 3 aliphatic rings. The average Bonchev–Trinajstić information content (AvgIpc) is 3.80. The zero-order valence-electron chi connectivity index (χ0n) is 29.8. The molecule has 6 aromatic carbocycles. The van der Waals surface area contributed by atoms with Gasteiger partial charge in [-0.05, 0) is 118 Å². The maximum Gasteiger partial charge on any atom is 0.200 e. The summed E-state index contributed by atoms with van der Waals surface area (Å²) in [6.07, 6.45) is 10.5. The Balaban J connectivity index is 0.980. The molecule has 3 heterocycles. The Bertz CT molecular complexity index is 2890. The zero-order chi connectivity index (χ0) is 35.3. The van der Waals surface area contributed by atoms with Crippen LogP contribution < -0.4 is 5.32 Å². The Morgan fingerprint density at radius 3 is 2.38 bits per heavy atom. The maximum absolute atomic E-state index is 5.04. The molecule has 11 rings (SSSR count). The summed E-state index contributed by atoms with van der Waals surface area (Å²) in [5, 5.41) is 7.69. The quantitative estimate of drug-likeness (QED) is 0.197.